The lowest BCUT2D eigenvalue weighted by Gasteiger charge is -2.36. The Balaban J connectivity index is 2.46. The Morgan fingerprint density at radius 3 is 2.17 bits per heavy atom. The van der Waals surface area contributed by atoms with E-state index in [-0.39, 0.29) is 0 Å². The fourth-order valence-corrected chi connectivity index (χ4v) is 3.32. The number of hydrogen-bond donors (Lipinski definition) is 1. The molecule has 0 aromatic carbocycles. The smallest absolute Gasteiger partial charge is 0.0132 e. The van der Waals surface area contributed by atoms with E-state index >= 15 is 0 Å². The van der Waals surface area contributed by atoms with Gasteiger partial charge in [-0.3, -0.25) is 0 Å². The molecule has 1 fully saturated rings. The second kappa shape index (κ2) is 7.99. The van der Waals surface area contributed by atoms with Crippen LogP contribution in [0.2, 0.25) is 0 Å². The van der Waals surface area contributed by atoms with Gasteiger partial charge in [-0.25, -0.2) is 0 Å². The summed E-state index contributed by atoms with van der Waals surface area (Å²) in [5.74, 6) is 2.72. The lowest BCUT2D eigenvalue weighted by atomic mass is 9.73. The molecule has 106 valence electrons. The summed E-state index contributed by atoms with van der Waals surface area (Å²) in [7, 11) is 0. The molecule has 1 N–H and O–H groups in total. The second-order valence-corrected chi connectivity index (χ2v) is 6.64. The molecule has 18 heavy (non-hydrogen) atoms. The summed E-state index contributed by atoms with van der Waals surface area (Å²) in [5.41, 5.74) is 1.33. The van der Waals surface area contributed by atoms with Gasteiger partial charge in [0, 0.05) is 6.04 Å². The molecular formula is C17H33N. The van der Waals surface area contributed by atoms with Crippen LogP contribution in [0.3, 0.4) is 0 Å². The minimum Gasteiger partial charge on any atom is -0.313 e. The Morgan fingerprint density at radius 1 is 1.17 bits per heavy atom. The van der Waals surface area contributed by atoms with Crippen LogP contribution < -0.4 is 5.32 Å². The van der Waals surface area contributed by atoms with Gasteiger partial charge in [-0.15, -0.1) is 6.58 Å². The molecule has 0 amide bonds. The van der Waals surface area contributed by atoms with Gasteiger partial charge in [0.1, 0.15) is 0 Å². The van der Waals surface area contributed by atoms with E-state index in [1.807, 2.05) is 0 Å². The van der Waals surface area contributed by atoms with Crippen molar-refractivity contribution in [3.05, 3.63) is 12.2 Å². The van der Waals surface area contributed by atoms with Crippen LogP contribution in [-0.2, 0) is 0 Å². The molecule has 1 unspecified atom stereocenters. The van der Waals surface area contributed by atoms with Gasteiger partial charge in [-0.05, 0) is 69.7 Å². The molecule has 0 aromatic rings. The molecule has 0 radical (unpaired) electrons. The highest BCUT2D eigenvalue weighted by molar-refractivity contribution is 4.96. The molecule has 1 aliphatic rings. The summed E-state index contributed by atoms with van der Waals surface area (Å²) < 4.78 is 0. The second-order valence-electron chi connectivity index (χ2n) is 6.64. The first kappa shape index (κ1) is 15.8. The van der Waals surface area contributed by atoms with Gasteiger partial charge in [-0.2, -0.15) is 0 Å². The predicted octanol–water partition coefficient (Wildman–Crippen LogP) is 4.78. The summed E-state index contributed by atoms with van der Waals surface area (Å²) in [5, 5.41) is 3.75. The van der Waals surface area contributed by atoms with E-state index in [0.717, 1.165) is 30.7 Å². The summed E-state index contributed by atoms with van der Waals surface area (Å²) in [6, 6.07) is 0.676. The van der Waals surface area contributed by atoms with Crippen LogP contribution in [0.15, 0.2) is 12.2 Å². The van der Waals surface area contributed by atoms with Crippen molar-refractivity contribution in [2.75, 3.05) is 6.54 Å². The van der Waals surface area contributed by atoms with E-state index in [2.05, 4.69) is 39.6 Å². The van der Waals surface area contributed by atoms with E-state index in [1.54, 1.807) is 0 Å². The summed E-state index contributed by atoms with van der Waals surface area (Å²) in [4.78, 5) is 0. The maximum Gasteiger partial charge on any atom is 0.0132 e. The van der Waals surface area contributed by atoms with Crippen LogP contribution in [0.5, 0.6) is 0 Å². The first-order valence-corrected chi connectivity index (χ1v) is 7.92. The first-order valence-electron chi connectivity index (χ1n) is 7.92. The molecule has 1 atom stereocenters. The molecule has 0 heterocycles. The standard InChI is InChI=1S/C17H33N/c1-6-11-18-17(12-13(2)3)16-9-7-15(8-10-16)14(4)5/h14-18H,2,6-12H2,1,3-5H3. The van der Waals surface area contributed by atoms with E-state index in [0.29, 0.717) is 6.04 Å². The minimum absolute atomic E-state index is 0.676. The van der Waals surface area contributed by atoms with Crippen LogP contribution in [0.25, 0.3) is 0 Å². The van der Waals surface area contributed by atoms with Gasteiger partial charge >= 0.3 is 0 Å². The van der Waals surface area contributed by atoms with E-state index in [1.165, 1.54) is 37.7 Å². The number of rotatable bonds is 7. The number of nitrogens with one attached hydrogen (secondary N) is 1. The molecule has 1 aliphatic carbocycles. The van der Waals surface area contributed by atoms with Crippen molar-refractivity contribution in [3.63, 3.8) is 0 Å². The van der Waals surface area contributed by atoms with Gasteiger partial charge in [0.15, 0.2) is 0 Å². The van der Waals surface area contributed by atoms with E-state index in [4.69, 9.17) is 0 Å². The van der Waals surface area contributed by atoms with Crippen LogP contribution >= 0.6 is 0 Å². The van der Waals surface area contributed by atoms with Gasteiger partial charge < -0.3 is 5.32 Å². The maximum atomic E-state index is 4.10. The van der Waals surface area contributed by atoms with Crippen molar-refractivity contribution in [1.82, 2.24) is 5.32 Å². The molecule has 0 saturated heterocycles. The SMILES string of the molecule is C=C(C)CC(NCCC)C1CCC(C(C)C)CC1. The Bertz CT molecular complexity index is 236. The van der Waals surface area contributed by atoms with Gasteiger partial charge in [0.25, 0.3) is 0 Å². The topological polar surface area (TPSA) is 12.0 Å². The number of hydrogen-bond acceptors (Lipinski definition) is 1. The third-order valence-electron chi connectivity index (χ3n) is 4.55. The van der Waals surface area contributed by atoms with Crippen molar-refractivity contribution in [2.45, 2.75) is 72.3 Å². The molecule has 1 nitrogen and oxygen atoms in total. The summed E-state index contributed by atoms with van der Waals surface area (Å²) in [6.07, 6.45) is 8.09. The summed E-state index contributed by atoms with van der Waals surface area (Å²) >= 11 is 0. The highest BCUT2D eigenvalue weighted by Gasteiger charge is 2.28. The lowest BCUT2D eigenvalue weighted by molar-refractivity contribution is 0.187. The van der Waals surface area contributed by atoms with Gasteiger partial charge in [0.2, 0.25) is 0 Å². The van der Waals surface area contributed by atoms with Crippen molar-refractivity contribution in [1.29, 1.82) is 0 Å². The fraction of sp³-hybridized carbons (Fsp3) is 0.882. The zero-order chi connectivity index (χ0) is 13.5. The van der Waals surface area contributed by atoms with Crippen LogP contribution in [0, 0.1) is 17.8 Å². The monoisotopic (exact) mass is 251 g/mol. The molecule has 0 spiro atoms. The van der Waals surface area contributed by atoms with Crippen LogP contribution in [-0.4, -0.2) is 12.6 Å². The van der Waals surface area contributed by atoms with Crippen molar-refractivity contribution in [2.24, 2.45) is 17.8 Å². The first-order chi connectivity index (χ1) is 8.54. The van der Waals surface area contributed by atoms with Crippen molar-refractivity contribution in [3.8, 4) is 0 Å². The Labute approximate surface area is 114 Å². The highest BCUT2D eigenvalue weighted by Crippen LogP contribution is 2.35. The van der Waals surface area contributed by atoms with Crippen molar-refractivity contribution < 1.29 is 0 Å². The zero-order valence-electron chi connectivity index (χ0n) is 13.0. The quantitative estimate of drug-likeness (QED) is 0.642. The predicted molar refractivity (Wildman–Crippen MR) is 81.8 cm³/mol. The fourth-order valence-electron chi connectivity index (χ4n) is 3.32. The molecule has 0 aromatic heterocycles. The Hall–Kier alpha value is -0.300. The maximum absolute atomic E-state index is 4.10. The lowest BCUT2D eigenvalue weighted by Crippen LogP contribution is -2.39. The van der Waals surface area contributed by atoms with Crippen LogP contribution in [0.4, 0.5) is 0 Å². The third kappa shape index (κ3) is 5.14. The summed E-state index contributed by atoms with van der Waals surface area (Å²) in [6.45, 7) is 14.4. The normalized spacial score (nSPS) is 26.3. The zero-order valence-corrected chi connectivity index (χ0v) is 13.0. The average Bonchev–Trinajstić information content (AvgIpc) is 2.34. The van der Waals surface area contributed by atoms with Gasteiger partial charge in [0.05, 0.1) is 0 Å². The molecule has 1 rings (SSSR count). The molecule has 0 bridgehead atoms. The van der Waals surface area contributed by atoms with E-state index < -0.39 is 0 Å². The highest BCUT2D eigenvalue weighted by atomic mass is 14.9. The average molecular weight is 251 g/mol. The van der Waals surface area contributed by atoms with Crippen LogP contribution in [0.1, 0.15) is 66.2 Å². The van der Waals surface area contributed by atoms with E-state index in [9.17, 15) is 0 Å². The van der Waals surface area contributed by atoms with Crippen molar-refractivity contribution >= 4 is 0 Å². The third-order valence-corrected chi connectivity index (χ3v) is 4.55. The Morgan fingerprint density at radius 2 is 1.72 bits per heavy atom. The molecule has 1 heteroatoms. The minimum atomic E-state index is 0.676. The largest absolute Gasteiger partial charge is 0.313 e. The Kier molecular flexibility index (Phi) is 6.99. The molecular weight excluding hydrogens is 218 g/mol. The molecule has 1 saturated carbocycles. The molecule has 0 aliphatic heterocycles. The van der Waals surface area contributed by atoms with Gasteiger partial charge in [-0.1, -0.05) is 26.3 Å².